The standard InChI is InChI=1S/C21H23F3N8O6S3/c1-32-20(29-30-31-32)41(37,38)17-15(10-25-40(2,35)36)27-19(39-17)28-18(34)26-14-8-7-12(21(22,23)24)9-13(14)16(33)11-5-3-4-6-11/h7-9,11,25H,3-6,10H2,1-2H3,(H2,26,27,28,34). The van der Waals surface area contributed by atoms with Crippen molar-refractivity contribution in [3.05, 3.63) is 35.0 Å². The zero-order valence-corrected chi connectivity index (χ0v) is 23.8. The molecule has 41 heavy (non-hydrogen) atoms. The van der Waals surface area contributed by atoms with Crippen molar-refractivity contribution in [2.24, 2.45) is 13.0 Å². The number of carbonyl (C=O) groups excluding carboxylic acids is 2. The maximum atomic E-state index is 13.4. The molecule has 2 amide bonds. The topological polar surface area (TPSA) is 195 Å². The Morgan fingerprint density at radius 1 is 1.12 bits per heavy atom. The number of hydrogen-bond donors (Lipinski definition) is 3. The number of rotatable bonds is 9. The van der Waals surface area contributed by atoms with Crippen LogP contribution >= 0.6 is 11.3 Å². The second-order valence-corrected chi connectivity index (χ2v) is 14.0. The van der Waals surface area contributed by atoms with Crippen LogP contribution in [0, 0.1) is 5.92 Å². The molecule has 0 radical (unpaired) electrons. The van der Waals surface area contributed by atoms with Gasteiger partial charge in [-0.05, 0) is 41.5 Å². The quantitative estimate of drug-likeness (QED) is 0.294. The Morgan fingerprint density at radius 3 is 2.39 bits per heavy atom. The smallest absolute Gasteiger partial charge is 0.307 e. The average Bonchev–Trinajstić information content (AvgIpc) is 3.63. The lowest BCUT2D eigenvalue weighted by Gasteiger charge is -2.16. The Balaban J connectivity index is 1.64. The number of nitrogens with zero attached hydrogens (tertiary/aromatic N) is 5. The van der Waals surface area contributed by atoms with Gasteiger partial charge in [0, 0.05) is 18.5 Å². The lowest BCUT2D eigenvalue weighted by atomic mass is 9.93. The summed E-state index contributed by atoms with van der Waals surface area (Å²) in [7, 11) is -6.92. The van der Waals surface area contributed by atoms with Gasteiger partial charge in [-0.15, -0.1) is 0 Å². The first kappa shape index (κ1) is 30.5. The van der Waals surface area contributed by atoms with Crippen LogP contribution in [0.1, 0.15) is 47.3 Å². The van der Waals surface area contributed by atoms with Crippen molar-refractivity contribution in [1.82, 2.24) is 29.9 Å². The van der Waals surface area contributed by atoms with E-state index >= 15 is 0 Å². The van der Waals surface area contributed by atoms with E-state index in [1.807, 2.05) is 0 Å². The van der Waals surface area contributed by atoms with E-state index in [-0.39, 0.29) is 22.1 Å². The molecule has 1 fully saturated rings. The molecule has 14 nitrogen and oxygen atoms in total. The number of urea groups is 1. The van der Waals surface area contributed by atoms with Crippen molar-refractivity contribution >= 4 is 53.8 Å². The monoisotopic (exact) mass is 636 g/mol. The van der Waals surface area contributed by atoms with E-state index in [2.05, 4.69) is 35.9 Å². The van der Waals surface area contributed by atoms with Crippen LogP contribution in [0.2, 0.25) is 0 Å². The van der Waals surface area contributed by atoms with Crippen LogP contribution in [0.15, 0.2) is 27.6 Å². The fourth-order valence-electron chi connectivity index (χ4n) is 4.14. The summed E-state index contributed by atoms with van der Waals surface area (Å²) in [5, 5.41) is 14.0. The normalized spacial score (nSPS) is 14.8. The van der Waals surface area contributed by atoms with Crippen molar-refractivity contribution in [2.75, 3.05) is 16.9 Å². The van der Waals surface area contributed by atoms with Gasteiger partial charge in [0.25, 0.3) is 15.0 Å². The summed E-state index contributed by atoms with van der Waals surface area (Å²) in [6, 6.07) is 1.34. The molecule has 3 aromatic rings. The first-order valence-corrected chi connectivity index (χ1v) is 16.0. The summed E-state index contributed by atoms with van der Waals surface area (Å²) < 4.78 is 92.2. The summed E-state index contributed by atoms with van der Waals surface area (Å²) in [5.74, 6) is -1.01. The number of hydrogen-bond acceptors (Lipinski definition) is 11. The molecule has 4 rings (SSSR count). The number of nitrogens with one attached hydrogen (secondary N) is 3. The third-order valence-electron chi connectivity index (χ3n) is 6.04. The molecule has 20 heteroatoms. The molecule has 0 unspecified atom stereocenters. The Morgan fingerprint density at radius 2 is 1.80 bits per heavy atom. The molecule has 1 aromatic carbocycles. The number of sulfone groups is 1. The Hall–Kier alpha value is -3.49. The molecule has 1 aliphatic carbocycles. The Kier molecular flexibility index (Phi) is 8.48. The Labute approximate surface area is 235 Å². The number of aromatic nitrogens is 5. The Bertz CT molecular complexity index is 1700. The molecule has 2 aromatic heterocycles. The molecule has 222 valence electrons. The second-order valence-electron chi connectivity index (χ2n) is 9.12. The molecule has 0 bridgehead atoms. The fraction of sp³-hybridized carbons (Fsp3) is 0.429. The summed E-state index contributed by atoms with van der Waals surface area (Å²) in [5.41, 5.74) is -1.82. The van der Waals surface area contributed by atoms with Crippen LogP contribution in [0.4, 0.5) is 28.8 Å². The second kappa shape index (κ2) is 11.4. The minimum absolute atomic E-state index is 0.180. The van der Waals surface area contributed by atoms with Gasteiger partial charge in [-0.25, -0.2) is 36.0 Å². The van der Waals surface area contributed by atoms with E-state index in [0.717, 1.165) is 35.9 Å². The van der Waals surface area contributed by atoms with E-state index in [9.17, 15) is 39.6 Å². The van der Waals surface area contributed by atoms with Crippen molar-refractivity contribution in [1.29, 1.82) is 0 Å². The zero-order valence-electron chi connectivity index (χ0n) is 21.4. The number of thiazole rings is 1. The van der Waals surface area contributed by atoms with Gasteiger partial charge in [-0.1, -0.05) is 29.3 Å². The highest BCUT2D eigenvalue weighted by Crippen LogP contribution is 2.36. The lowest BCUT2D eigenvalue weighted by Crippen LogP contribution is -2.23. The third-order valence-corrected chi connectivity index (χ3v) is 9.97. The molecule has 0 atom stereocenters. The molecule has 3 N–H and O–H groups in total. The number of aryl methyl sites for hydroxylation is 1. The summed E-state index contributed by atoms with van der Waals surface area (Å²) >= 11 is 0.469. The van der Waals surface area contributed by atoms with E-state index in [1.165, 1.54) is 7.05 Å². The van der Waals surface area contributed by atoms with Crippen LogP contribution in [-0.2, 0) is 39.6 Å². The van der Waals surface area contributed by atoms with Crippen molar-refractivity contribution in [3.8, 4) is 0 Å². The molecular weight excluding hydrogens is 613 g/mol. The van der Waals surface area contributed by atoms with Gasteiger partial charge >= 0.3 is 12.2 Å². The average molecular weight is 637 g/mol. The molecule has 1 saturated carbocycles. The highest BCUT2D eigenvalue weighted by molar-refractivity contribution is 7.93. The van der Waals surface area contributed by atoms with Crippen molar-refractivity contribution in [2.45, 2.75) is 47.8 Å². The largest absolute Gasteiger partial charge is 0.416 e. The van der Waals surface area contributed by atoms with E-state index in [1.54, 1.807) is 0 Å². The van der Waals surface area contributed by atoms with Gasteiger partial charge in [0.05, 0.1) is 29.7 Å². The van der Waals surface area contributed by atoms with Crippen LogP contribution < -0.4 is 15.4 Å². The molecule has 0 aliphatic heterocycles. The zero-order chi connectivity index (χ0) is 30.2. The van der Waals surface area contributed by atoms with Gasteiger partial charge in [0.2, 0.25) is 10.0 Å². The van der Waals surface area contributed by atoms with Crippen LogP contribution in [-0.4, -0.2) is 60.1 Å². The molecule has 0 saturated heterocycles. The fourth-order valence-corrected chi connectivity index (χ4v) is 7.27. The first-order valence-electron chi connectivity index (χ1n) is 11.8. The van der Waals surface area contributed by atoms with Crippen molar-refractivity contribution < 1.29 is 39.6 Å². The molecule has 0 spiro atoms. The number of anilines is 2. The van der Waals surface area contributed by atoms with Crippen LogP contribution in [0.25, 0.3) is 0 Å². The van der Waals surface area contributed by atoms with E-state index in [4.69, 9.17) is 0 Å². The van der Waals surface area contributed by atoms with Crippen LogP contribution in [0.3, 0.4) is 0 Å². The van der Waals surface area contributed by atoms with Crippen molar-refractivity contribution in [3.63, 3.8) is 0 Å². The van der Waals surface area contributed by atoms with Gasteiger partial charge in [-0.3, -0.25) is 10.1 Å². The minimum atomic E-state index is -4.72. The van der Waals surface area contributed by atoms with E-state index in [0.29, 0.717) is 30.2 Å². The number of tetrazole rings is 1. The summed E-state index contributed by atoms with van der Waals surface area (Å²) in [6.45, 7) is -0.558. The predicted octanol–water partition coefficient (Wildman–Crippen LogP) is 2.58. The maximum absolute atomic E-state index is 13.4. The maximum Gasteiger partial charge on any atom is 0.416 e. The number of carbonyl (C=O) groups is 2. The highest BCUT2D eigenvalue weighted by atomic mass is 32.2. The number of sulfonamides is 1. The number of ketones is 1. The molecular formula is C21H23F3N8O6S3. The third kappa shape index (κ3) is 7.05. The van der Waals surface area contributed by atoms with Gasteiger partial charge in [-0.2, -0.15) is 13.2 Å². The SMILES string of the molecule is Cn1nnnc1S(=O)(=O)c1sc(NC(=O)Nc2ccc(C(F)(F)F)cc2C(=O)C2CCCC2)nc1CNS(C)(=O)=O. The first-order chi connectivity index (χ1) is 19.1. The van der Waals surface area contributed by atoms with Crippen LogP contribution in [0.5, 0.6) is 0 Å². The lowest BCUT2D eigenvalue weighted by molar-refractivity contribution is -0.137. The number of Topliss-reactive ketones (excluding diaryl/α,β-unsaturated/α-hetero) is 1. The van der Waals surface area contributed by atoms with Gasteiger partial charge in [0.15, 0.2) is 15.1 Å². The summed E-state index contributed by atoms with van der Waals surface area (Å²) in [4.78, 5) is 29.9. The highest BCUT2D eigenvalue weighted by Gasteiger charge is 2.34. The summed E-state index contributed by atoms with van der Waals surface area (Å²) in [6.07, 6.45) is -1.32. The molecule has 1 aliphatic rings. The van der Waals surface area contributed by atoms with Gasteiger partial charge < -0.3 is 5.32 Å². The number of alkyl halides is 3. The van der Waals surface area contributed by atoms with E-state index < -0.39 is 65.2 Å². The predicted molar refractivity (Wildman–Crippen MR) is 138 cm³/mol. The minimum Gasteiger partial charge on any atom is -0.307 e. The number of benzene rings is 1. The number of amides is 2. The van der Waals surface area contributed by atoms with Gasteiger partial charge in [0.1, 0.15) is 0 Å². The molecule has 2 heterocycles. The number of halogens is 3.